The van der Waals surface area contributed by atoms with Crippen LogP contribution in [0.25, 0.3) is 11.4 Å². The summed E-state index contributed by atoms with van der Waals surface area (Å²) in [5.74, 6) is 0.210. The molecule has 2 heterocycles. The summed E-state index contributed by atoms with van der Waals surface area (Å²) in [4.78, 5) is 1.35. The molecule has 5 nitrogen and oxygen atoms in total. The van der Waals surface area contributed by atoms with Crippen LogP contribution in [0.5, 0.6) is 0 Å². The van der Waals surface area contributed by atoms with E-state index in [2.05, 4.69) is 15.4 Å². The fraction of sp³-hybridized carbons (Fsp3) is 0.214. The van der Waals surface area contributed by atoms with Crippen molar-refractivity contribution in [3.63, 3.8) is 0 Å². The number of rotatable bonds is 4. The van der Waals surface area contributed by atoms with Crippen molar-refractivity contribution in [2.75, 3.05) is 0 Å². The first-order valence-electron chi connectivity index (χ1n) is 6.38. The molecule has 2 aromatic heterocycles. The van der Waals surface area contributed by atoms with Crippen LogP contribution in [-0.4, -0.2) is 25.3 Å². The smallest absolute Gasteiger partial charge is 0.205 e. The normalized spacial score (nSPS) is 12.5. The number of hydrogen-bond acceptors (Lipinski definition) is 5. The van der Waals surface area contributed by atoms with Crippen LogP contribution in [0.4, 0.5) is 4.39 Å². The maximum absolute atomic E-state index is 13.1. The number of hydrogen-bond donors (Lipinski definition) is 1. The number of aromatic nitrogens is 4. The van der Waals surface area contributed by atoms with Crippen LogP contribution in [0.3, 0.4) is 0 Å². The average molecular weight is 304 g/mol. The third-order valence-electron chi connectivity index (χ3n) is 3.16. The summed E-state index contributed by atoms with van der Waals surface area (Å²) in [6.45, 7) is 1.93. The molecule has 0 spiro atoms. The summed E-state index contributed by atoms with van der Waals surface area (Å²) in [5, 5.41) is 26.2. The topological polar surface area (TPSA) is 63.8 Å². The number of nitrogens with zero attached hydrogens (tertiary/aromatic N) is 4. The molecule has 1 unspecified atom stereocenters. The molecule has 0 aliphatic carbocycles. The number of aryl methyl sites for hydroxylation is 1. The lowest BCUT2D eigenvalue weighted by Gasteiger charge is -2.12. The van der Waals surface area contributed by atoms with E-state index >= 15 is 0 Å². The molecule has 0 saturated carbocycles. The molecule has 3 aromatic rings. The lowest BCUT2D eigenvalue weighted by atomic mass is 10.0. The maximum Gasteiger partial charge on any atom is 0.205 e. The van der Waals surface area contributed by atoms with Crippen molar-refractivity contribution in [2.45, 2.75) is 19.6 Å². The maximum atomic E-state index is 13.1. The molecule has 0 aliphatic heterocycles. The number of halogens is 1. The van der Waals surface area contributed by atoms with Crippen LogP contribution < -0.4 is 0 Å². The Balaban J connectivity index is 1.77. The molecule has 0 saturated heterocycles. The monoisotopic (exact) mass is 304 g/mol. The Morgan fingerprint density at radius 1 is 1.38 bits per heavy atom. The van der Waals surface area contributed by atoms with E-state index in [1.165, 1.54) is 16.9 Å². The Morgan fingerprint density at radius 3 is 2.95 bits per heavy atom. The zero-order chi connectivity index (χ0) is 14.8. The quantitative estimate of drug-likeness (QED) is 0.804. The third kappa shape index (κ3) is 2.98. The Morgan fingerprint density at radius 2 is 2.24 bits per heavy atom. The molecule has 0 fully saturated rings. The highest BCUT2D eigenvalue weighted by Crippen LogP contribution is 2.21. The molecule has 0 radical (unpaired) electrons. The lowest BCUT2D eigenvalue weighted by molar-refractivity contribution is 0.144. The van der Waals surface area contributed by atoms with Gasteiger partial charge in [0.25, 0.3) is 0 Å². The van der Waals surface area contributed by atoms with E-state index in [-0.39, 0.29) is 12.4 Å². The van der Waals surface area contributed by atoms with E-state index in [9.17, 15) is 9.50 Å². The number of aliphatic hydroxyl groups excluding tert-OH is 1. The first-order valence-corrected chi connectivity index (χ1v) is 7.32. The molecule has 108 valence electrons. The molecule has 0 aliphatic rings. The van der Waals surface area contributed by atoms with Crippen LogP contribution in [0.2, 0.25) is 0 Å². The molecule has 21 heavy (non-hydrogen) atoms. The molecule has 1 atom stereocenters. The largest absolute Gasteiger partial charge is 0.386 e. The van der Waals surface area contributed by atoms with Gasteiger partial charge in [-0.05, 0) is 46.8 Å². The van der Waals surface area contributed by atoms with Gasteiger partial charge in [-0.2, -0.15) is 16.1 Å². The summed E-state index contributed by atoms with van der Waals surface area (Å²) in [6.07, 6.45) is -0.810. The number of benzene rings is 1. The van der Waals surface area contributed by atoms with Crippen molar-refractivity contribution in [3.05, 3.63) is 52.0 Å². The fourth-order valence-corrected chi connectivity index (χ4v) is 2.73. The van der Waals surface area contributed by atoms with Gasteiger partial charge in [0.15, 0.2) is 0 Å². The summed E-state index contributed by atoms with van der Waals surface area (Å²) in [7, 11) is 0. The highest BCUT2D eigenvalue weighted by molar-refractivity contribution is 7.08. The molecule has 1 N–H and O–H groups in total. The second-order valence-corrected chi connectivity index (χ2v) is 5.48. The van der Waals surface area contributed by atoms with Gasteiger partial charge in [-0.1, -0.05) is 6.07 Å². The predicted octanol–water partition coefficient (Wildman–Crippen LogP) is 2.58. The van der Waals surface area contributed by atoms with E-state index in [1.807, 2.05) is 16.8 Å². The Kier molecular flexibility index (Phi) is 3.76. The van der Waals surface area contributed by atoms with E-state index in [1.54, 1.807) is 24.3 Å². The molecule has 3 rings (SSSR count). The van der Waals surface area contributed by atoms with Crippen LogP contribution in [0.15, 0.2) is 35.0 Å². The fourth-order valence-electron chi connectivity index (χ4n) is 2.09. The lowest BCUT2D eigenvalue weighted by Crippen LogP contribution is -2.12. The summed E-state index contributed by atoms with van der Waals surface area (Å²) in [6, 6.07) is 6.21. The van der Waals surface area contributed by atoms with E-state index in [0.717, 1.165) is 5.56 Å². The minimum absolute atomic E-state index is 0.170. The Hall–Kier alpha value is -2.12. The standard InChI is InChI=1S/C14H13FN4OS/c1-9-6-11(15)2-3-12(9)13(20)7-19-17-14(16-18-19)10-4-5-21-8-10/h2-6,8,13,20H,7H2,1H3. The van der Waals surface area contributed by atoms with Gasteiger partial charge in [0.2, 0.25) is 5.82 Å². The molecule has 1 aromatic carbocycles. The van der Waals surface area contributed by atoms with Gasteiger partial charge >= 0.3 is 0 Å². The Bertz CT molecular complexity index is 741. The first-order chi connectivity index (χ1) is 10.1. The molecular weight excluding hydrogens is 291 g/mol. The summed E-state index contributed by atoms with van der Waals surface area (Å²) in [5.41, 5.74) is 2.25. The zero-order valence-electron chi connectivity index (χ0n) is 11.3. The van der Waals surface area contributed by atoms with Crippen molar-refractivity contribution in [3.8, 4) is 11.4 Å². The number of thiophene rings is 1. The van der Waals surface area contributed by atoms with E-state index in [4.69, 9.17) is 0 Å². The predicted molar refractivity (Wildman–Crippen MR) is 77.2 cm³/mol. The molecule has 7 heteroatoms. The van der Waals surface area contributed by atoms with Crippen molar-refractivity contribution < 1.29 is 9.50 Å². The number of aliphatic hydroxyl groups is 1. The van der Waals surface area contributed by atoms with Crippen molar-refractivity contribution in [2.24, 2.45) is 0 Å². The number of tetrazole rings is 1. The summed E-state index contributed by atoms with van der Waals surface area (Å²) >= 11 is 1.56. The highest BCUT2D eigenvalue weighted by Gasteiger charge is 2.14. The van der Waals surface area contributed by atoms with Crippen LogP contribution in [0.1, 0.15) is 17.2 Å². The highest BCUT2D eigenvalue weighted by atomic mass is 32.1. The van der Waals surface area contributed by atoms with Gasteiger partial charge in [-0.15, -0.1) is 10.2 Å². The van der Waals surface area contributed by atoms with Gasteiger partial charge in [0.05, 0.1) is 6.54 Å². The molecule has 0 amide bonds. The van der Waals surface area contributed by atoms with E-state index in [0.29, 0.717) is 17.0 Å². The molecular formula is C14H13FN4OS. The van der Waals surface area contributed by atoms with Gasteiger partial charge in [0.1, 0.15) is 11.9 Å². The van der Waals surface area contributed by atoms with Gasteiger partial charge in [-0.3, -0.25) is 0 Å². The average Bonchev–Trinajstić information content (AvgIpc) is 3.08. The zero-order valence-corrected chi connectivity index (χ0v) is 12.1. The second kappa shape index (κ2) is 5.71. The summed E-state index contributed by atoms with van der Waals surface area (Å²) < 4.78 is 13.1. The van der Waals surface area contributed by atoms with Crippen LogP contribution in [-0.2, 0) is 6.54 Å². The molecule has 0 bridgehead atoms. The van der Waals surface area contributed by atoms with Crippen LogP contribution in [0, 0.1) is 12.7 Å². The van der Waals surface area contributed by atoms with Gasteiger partial charge < -0.3 is 5.11 Å². The van der Waals surface area contributed by atoms with Crippen LogP contribution >= 0.6 is 11.3 Å². The van der Waals surface area contributed by atoms with E-state index < -0.39 is 6.10 Å². The SMILES string of the molecule is Cc1cc(F)ccc1C(O)Cn1nnc(-c2ccsc2)n1. The second-order valence-electron chi connectivity index (χ2n) is 4.70. The van der Waals surface area contributed by atoms with Crippen molar-refractivity contribution in [1.29, 1.82) is 0 Å². The van der Waals surface area contributed by atoms with Gasteiger partial charge in [-0.25, -0.2) is 4.39 Å². The first kappa shape index (κ1) is 13.8. The minimum Gasteiger partial charge on any atom is -0.386 e. The van der Waals surface area contributed by atoms with Crippen molar-refractivity contribution in [1.82, 2.24) is 20.2 Å². The third-order valence-corrected chi connectivity index (χ3v) is 3.84. The Labute approximate surface area is 124 Å². The van der Waals surface area contributed by atoms with Crippen molar-refractivity contribution >= 4 is 11.3 Å². The van der Waals surface area contributed by atoms with Gasteiger partial charge in [0, 0.05) is 10.9 Å². The minimum atomic E-state index is -0.810.